The normalized spacial score (nSPS) is 11.4. The van der Waals surface area contributed by atoms with E-state index in [4.69, 9.17) is 4.98 Å². The van der Waals surface area contributed by atoms with Crippen LogP contribution >= 0.6 is 0 Å². The lowest BCUT2D eigenvalue weighted by Crippen LogP contribution is -2.18. The third-order valence-corrected chi connectivity index (χ3v) is 5.22. The molecule has 5 aromatic rings. The molecule has 0 spiro atoms. The molecule has 5 rings (SSSR count). The number of hydrogen-bond acceptors (Lipinski definition) is 4. The second kappa shape index (κ2) is 7.84. The number of hydrogen-bond donors (Lipinski definition) is 2. The van der Waals surface area contributed by atoms with Crippen molar-refractivity contribution in [2.24, 2.45) is 5.10 Å². The van der Waals surface area contributed by atoms with Crippen molar-refractivity contribution in [3.8, 4) is 11.3 Å². The summed E-state index contributed by atoms with van der Waals surface area (Å²) in [6, 6.07) is 21.1. The molecule has 0 unspecified atom stereocenters. The first kappa shape index (κ1) is 18.7. The van der Waals surface area contributed by atoms with Crippen LogP contribution in [0.25, 0.3) is 33.1 Å². The van der Waals surface area contributed by atoms with Crippen molar-refractivity contribution >= 4 is 33.9 Å². The van der Waals surface area contributed by atoms with E-state index in [9.17, 15) is 4.79 Å². The highest BCUT2D eigenvalue weighted by atomic mass is 16.2. The van der Waals surface area contributed by atoms with Crippen molar-refractivity contribution in [2.75, 3.05) is 0 Å². The van der Waals surface area contributed by atoms with Crippen molar-refractivity contribution in [1.29, 1.82) is 0 Å². The molecule has 0 aliphatic carbocycles. The second-order valence-corrected chi connectivity index (χ2v) is 7.22. The smallest absolute Gasteiger partial charge is 0.272 e. The number of aromatic amines is 1. The molecule has 0 saturated heterocycles. The summed E-state index contributed by atoms with van der Waals surface area (Å²) in [6.45, 7) is 1.99. The number of nitrogens with one attached hydrogen (secondary N) is 2. The minimum Gasteiger partial charge on any atom is -0.358 e. The molecule has 0 atom stereocenters. The number of pyridine rings is 2. The maximum atomic E-state index is 13.0. The Morgan fingerprint density at radius 2 is 1.84 bits per heavy atom. The third-order valence-electron chi connectivity index (χ3n) is 5.22. The van der Waals surface area contributed by atoms with Gasteiger partial charge in [0, 0.05) is 45.5 Å². The van der Waals surface area contributed by atoms with Gasteiger partial charge >= 0.3 is 0 Å². The van der Waals surface area contributed by atoms with Crippen molar-refractivity contribution in [3.63, 3.8) is 0 Å². The Hall–Kier alpha value is -4.32. The molecule has 150 valence electrons. The first-order valence-electron chi connectivity index (χ1n) is 9.91. The topological polar surface area (TPSA) is 83.0 Å². The molecule has 0 radical (unpaired) electrons. The molecule has 1 amide bonds. The number of aromatic nitrogens is 3. The van der Waals surface area contributed by atoms with Gasteiger partial charge in [0.2, 0.25) is 0 Å². The van der Waals surface area contributed by atoms with E-state index in [1.807, 2.05) is 67.6 Å². The monoisotopic (exact) mass is 405 g/mol. The summed E-state index contributed by atoms with van der Waals surface area (Å²) in [4.78, 5) is 25.2. The lowest BCUT2D eigenvalue weighted by molar-refractivity contribution is 0.0956. The van der Waals surface area contributed by atoms with Gasteiger partial charge in [-0.1, -0.05) is 36.4 Å². The fourth-order valence-electron chi connectivity index (χ4n) is 3.71. The predicted octanol–water partition coefficient (Wildman–Crippen LogP) is 4.85. The maximum absolute atomic E-state index is 13.0. The molecule has 0 aliphatic rings. The molecule has 0 saturated carbocycles. The van der Waals surface area contributed by atoms with Crippen LogP contribution in [0.5, 0.6) is 0 Å². The molecule has 3 aromatic heterocycles. The molecule has 3 heterocycles. The van der Waals surface area contributed by atoms with E-state index >= 15 is 0 Å². The number of para-hydroxylation sites is 2. The molecule has 6 heteroatoms. The number of hydrazone groups is 1. The Balaban J connectivity index is 1.49. The average Bonchev–Trinajstić information content (AvgIpc) is 3.14. The average molecular weight is 405 g/mol. The molecular formula is C25H19N5O. The zero-order valence-electron chi connectivity index (χ0n) is 16.8. The highest BCUT2D eigenvalue weighted by molar-refractivity contribution is 6.08. The summed E-state index contributed by atoms with van der Waals surface area (Å²) in [7, 11) is 0. The summed E-state index contributed by atoms with van der Waals surface area (Å²) >= 11 is 0. The van der Waals surface area contributed by atoms with Crippen LogP contribution in [0.15, 0.2) is 84.2 Å². The van der Waals surface area contributed by atoms with E-state index in [0.717, 1.165) is 38.6 Å². The highest BCUT2D eigenvalue weighted by Gasteiger charge is 2.14. The van der Waals surface area contributed by atoms with Gasteiger partial charge in [0.1, 0.15) is 0 Å². The molecule has 0 aliphatic heterocycles. The fraction of sp³-hybridized carbons (Fsp3) is 0.0400. The summed E-state index contributed by atoms with van der Waals surface area (Å²) in [5.41, 5.74) is 8.44. The van der Waals surface area contributed by atoms with Gasteiger partial charge in [0.25, 0.3) is 5.91 Å². The van der Waals surface area contributed by atoms with Gasteiger partial charge in [0.15, 0.2) is 0 Å². The molecule has 6 nitrogen and oxygen atoms in total. The zero-order chi connectivity index (χ0) is 21.2. The van der Waals surface area contributed by atoms with Crippen molar-refractivity contribution < 1.29 is 4.79 Å². The van der Waals surface area contributed by atoms with Crippen LogP contribution in [0.4, 0.5) is 0 Å². The number of fused-ring (bicyclic) bond motifs is 2. The number of carbonyl (C=O) groups excluding carboxylic acids is 1. The van der Waals surface area contributed by atoms with E-state index in [-0.39, 0.29) is 5.91 Å². The number of amides is 1. The summed E-state index contributed by atoms with van der Waals surface area (Å²) in [5, 5.41) is 6.06. The first-order chi connectivity index (χ1) is 15.2. The lowest BCUT2D eigenvalue weighted by Gasteiger charge is -2.08. The van der Waals surface area contributed by atoms with Gasteiger partial charge in [-0.25, -0.2) is 10.4 Å². The number of nitrogens with zero attached hydrogens (tertiary/aromatic N) is 3. The maximum Gasteiger partial charge on any atom is 0.272 e. The standard InChI is InChI=1S/C25H19N5O/c1-16-21(19-9-3-4-10-22(19)28-16)15-27-30-25(31)20-13-24(17-7-6-12-26-14-17)29-23-11-5-2-8-18(20)23/h2-15,28H,1H3,(H,30,31)/b27-15+. The van der Waals surface area contributed by atoms with E-state index in [2.05, 4.69) is 20.5 Å². The second-order valence-electron chi connectivity index (χ2n) is 7.22. The van der Waals surface area contributed by atoms with Crippen LogP contribution in [-0.2, 0) is 0 Å². The number of aryl methyl sites for hydroxylation is 1. The quantitative estimate of drug-likeness (QED) is 0.331. The van der Waals surface area contributed by atoms with Crippen LogP contribution in [0.1, 0.15) is 21.6 Å². The van der Waals surface area contributed by atoms with E-state index < -0.39 is 0 Å². The van der Waals surface area contributed by atoms with Gasteiger partial charge in [-0.05, 0) is 37.3 Å². The molecule has 2 N–H and O–H groups in total. The predicted molar refractivity (Wildman–Crippen MR) is 123 cm³/mol. The van der Waals surface area contributed by atoms with E-state index in [1.54, 1.807) is 24.7 Å². The van der Waals surface area contributed by atoms with Crippen LogP contribution in [0, 0.1) is 6.92 Å². The molecular weight excluding hydrogens is 386 g/mol. The summed E-state index contributed by atoms with van der Waals surface area (Å²) < 4.78 is 0. The van der Waals surface area contributed by atoms with Gasteiger partial charge < -0.3 is 4.98 Å². The van der Waals surface area contributed by atoms with E-state index in [0.29, 0.717) is 11.3 Å². The van der Waals surface area contributed by atoms with Crippen molar-refractivity contribution in [1.82, 2.24) is 20.4 Å². The number of carbonyl (C=O) groups is 1. The fourth-order valence-corrected chi connectivity index (χ4v) is 3.71. The molecule has 31 heavy (non-hydrogen) atoms. The number of rotatable bonds is 4. The Morgan fingerprint density at radius 1 is 1.03 bits per heavy atom. The van der Waals surface area contributed by atoms with Crippen LogP contribution < -0.4 is 5.43 Å². The van der Waals surface area contributed by atoms with Crippen LogP contribution in [0.2, 0.25) is 0 Å². The Morgan fingerprint density at radius 3 is 2.68 bits per heavy atom. The largest absolute Gasteiger partial charge is 0.358 e. The van der Waals surface area contributed by atoms with Crippen LogP contribution in [0.3, 0.4) is 0 Å². The number of H-pyrrole nitrogens is 1. The SMILES string of the molecule is Cc1[nH]c2ccccc2c1/C=N/NC(=O)c1cc(-c2cccnc2)nc2ccccc12. The Kier molecular flexibility index (Phi) is 4.72. The van der Waals surface area contributed by atoms with Gasteiger partial charge in [-0.15, -0.1) is 0 Å². The first-order valence-corrected chi connectivity index (χ1v) is 9.91. The number of benzene rings is 2. The zero-order valence-corrected chi connectivity index (χ0v) is 16.8. The minimum absolute atomic E-state index is 0.294. The lowest BCUT2D eigenvalue weighted by atomic mass is 10.0. The van der Waals surface area contributed by atoms with Crippen molar-refractivity contribution in [2.45, 2.75) is 6.92 Å². The third kappa shape index (κ3) is 3.55. The molecule has 0 bridgehead atoms. The van der Waals surface area contributed by atoms with Gasteiger partial charge in [0.05, 0.1) is 23.0 Å². The summed E-state index contributed by atoms with van der Waals surface area (Å²) in [5.74, 6) is -0.294. The summed E-state index contributed by atoms with van der Waals surface area (Å²) in [6.07, 6.45) is 5.12. The highest BCUT2D eigenvalue weighted by Crippen LogP contribution is 2.24. The Labute approximate surface area is 178 Å². The Bertz CT molecular complexity index is 1440. The minimum atomic E-state index is -0.294. The molecule has 2 aromatic carbocycles. The van der Waals surface area contributed by atoms with Gasteiger partial charge in [-0.2, -0.15) is 5.10 Å². The van der Waals surface area contributed by atoms with Crippen LogP contribution in [-0.4, -0.2) is 27.1 Å². The van der Waals surface area contributed by atoms with Crippen molar-refractivity contribution in [3.05, 3.63) is 95.9 Å². The van der Waals surface area contributed by atoms with E-state index in [1.165, 1.54) is 0 Å². The molecule has 0 fully saturated rings. The van der Waals surface area contributed by atoms with Gasteiger partial charge in [-0.3, -0.25) is 9.78 Å².